The normalized spacial score (nSPS) is 28.3. The molecule has 96 valence electrons. The lowest BCUT2D eigenvalue weighted by Crippen LogP contribution is -2.48. The third kappa shape index (κ3) is 4.70. The first-order valence-electron chi connectivity index (χ1n) is 5.95. The van der Waals surface area contributed by atoms with Crippen molar-refractivity contribution in [1.82, 2.24) is 10.2 Å². The van der Waals surface area contributed by atoms with Gasteiger partial charge in [-0.1, -0.05) is 13.8 Å². The van der Waals surface area contributed by atoms with Crippen molar-refractivity contribution >= 4 is 0 Å². The largest absolute Gasteiger partial charge is 0.390 e. The van der Waals surface area contributed by atoms with Crippen LogP contribution in [0.1, 0.15) is 26.7 Å². The lowest BCUT2D eigenvalue weighted by Gasteiger charge is -2.37. The van der Waals surface area contributed by atoms with Crippen LogP contribution >= 0.6 is 0 Å². The van der Waals surface area contributed by atoms with Gasteiger partial charge in [0.05, 0.1) is 6.42 Å². The van der Waals surface area contributed by atoms with Gasteiger partial charge < -0.3 is 10.2 Å². The Hall–Kier alpha value is -0.290. The minimum Gasteiger partial charge on any atom is -0.314 e. The number of hydrogen-bond acceptors (Lipinski definition) is 2. The molecule has 0 aromatic rings. The number of piperidine rings is 1. The molecule has 0 bridgehead atoms. The van der Waals surface area contributed by atoms with Crippen LogP contribution in [-0.2, 0) is 0 Å². The minimum atomic E-state index is -4.03. The van der Waals surface area contributed by atoms with Crippen LogP contribution in [0.25, 0.3) is 0 Å². The highest BCUT2D eigenvalue weighted by Gasteiger charge is 2.30. The van der Waals surface area contributed by atoms with Crippen molar-refractivity contribution in [3.05, 3.63) is 0 Å². The molecule has 1 N–H and O–H groups in total. The Balaban J connectivity index is 2.28. The van der Waals surface area contributed by atoms with Gasteiger partial charge in [0.2, 0.25) is 0 Å². The first-order valence-corrected chi connectivity index (χ1v) is 5.95. The van der Waals surface area contributed by atoms with Crippen molar-refractivity contribution < 1.29 is 13.2 Å². The number of rotatable bonds is 4. The zero-order chi connectivity index (χ0) is 12.2. The van der Waals surface area contributed by atoms with Crippen molar-refractivity contribution in [3.8, 4) is 0 Å². The van der Waals surface area contributed by atoms with Crippen molar-refractivity contribution in [2.75, 3.05) is 26.2 Å². The lowest BCUT2D eigenvalue weighted by molar-refractivity contribution is -0.138. The maximum Gasteiger partial charge on any atom is 0.390 e. The van der Waals surface area contributed by atoms with Crippen LogP contribution in [-0.4, -0.2) is 43.3 Å². The Bertz CT molecular complexity index is 206. The average Bonchev–Trinajstić information content (AvgIpc) is 2.18. The van der Waals surface area contributed by atoms with E-state index >= 15 is 0 Å². The number of nitrogens with zero attached hydrogens (tertiary/aromatic N) is 1. The summed E-state index contributed by atoms with van der Waals surface area (Å²) in [5, 5.41) is 3.38. The van der Waals surface area contributed by atoms with E-state index in [1.807, 2.05) is 4.90 Å². The first-order chi connectivity index (χ1) is 7.42. The second-order valence-corrected chi connectivity index (χ2v) is 4.60. The predicted molar refractivity (Wildman–Crippen MR) is 58.4 cm³/mol. The molecule has 0 aromatic carbocycles. The maximum atomic E-state index is 12.1. The summed E-state index contributed by atoms with van der Waals surface area (Å²) >= 11 is 0. The quantitative estimate of drug-likeness (QED) is 0.808. The van der Waals surface area contributed by atoms with E-state index in [2.05, 4.69) is 19.2 Å². The lowest BCUT2D eigenvalue weighted by atomic mass is 9.94. The zero-order valence-corrected chi connectivity index (χ0v) is 9.98. The third-order valence-electron chi connectivity index (χ3n) is 3.17. The van der Waals surface area contributed by atoms with Gasteiger partial charge in [0, 0.05) is 19.1 Å². The van der Waals surface area contributed by atoms with Crippen LogP contribution < -0.4 is 5.32 Å². The van der Waals surface area contributed by atoms with Gasteiger partial charge in [0.1, 0.15) is 0 Å². The molecular weight excluding hydrogens is 217 g/mol. The highest BCUT2D eigenvalue weighted by atomic mass is 19.4. The molecule has 0 spiro atoms. The van der Waals surface area contributed by atoms with Crippen LogP contribution in [0.3, 0.4) is 0 Å². The van der Waals surface area contributed by atoms with E-state index in [1.165, 1.54) is 0 Å². The van der Waals surface area contributed by atoms with E-state index in [1.54, 1.807) is 0 Å². The Kier molecular flexibility index (Phi) is 5.05. The molecule has 1 rings (SSSR count). The smallest absolute Gasteiger partial charge is 0.314 e. The molecule has 0 aliphatic carbocycles. The monoisotopic (exact) mass is 238 g/mol. The molecule has 0 amide bonds. The Morgan fingerprint density at radius 3 is 2.56 bits per heavy atom. The van der Waals surface area contributed by atoms with Crippen LogP contribution in [0.2, 0.25) is 0 Å². The maximum absolute atomic E-state index is 12.1. The fourth-order valence-electron chi connectivity index (χ4n) is 2.29. The number of hydrogen-bond donors (Lipinski definition) is 1. The van der Waals surface area contributed by atoms with E-state index in [-0.39, 0.29) is 6.54 Å². The van der Waals surface area contributed by atoms with Gasteiger partial charge in [-0.3, -0.25) is 0 Å². The molecular formula is C11H21F3N2. The summed E-state index contributed by atoms with van der Waals surface area (Å²) < 4.78 is 36.2. The van der Waals surface area contributed by atoms with Gasteiger partial charge in [-0.05, 0) is 25.4 Å². The second-order valence-electron chi connectivity index (χ2n) is 4.60. The number of halogens is 3. The van der Waals surface area contributed by atoms with E-state index in [0.29, 0.717) is 12.0 Å². The number of likely N-dealkylation sites (tertiary alicyclic amines) is 1. The highest BCUT2D eigenvalue weighted by molar-refractivity contribution is 4.82. The molecule has 2 atom stereocenters. The molecule has 1 aliphatic heterocycles. The molecule has 0 aromatic heterocycles. The second kappa shape index (κ2) is 5.87. The summed E-state index contributed by atoms with van der Waals surface area (Å²) in [5.74, 6) is 0.432. The van der Waals surface area contributed by atoms with Gasteiger partial charge in [-0.2, -0.15) is 13.2 Å². The molecule has 1 aliphatic rings. The molecule has 1 heterocycles. The SMILES string of the molecule is CCNC1CCN(CCC(F)(F)F)CC1C. The molecule has 1 saturated heterocycles. The fourth-order valence-corrected chi connectivity index (χ4v) is 2.29. The molecule has 2 unspecified atom stereocenters. The van der Waals surface area contributed by atoms with E-state index in [4.69, 9.17) is 0 Å². The summed E-state index contributed by atoms with van der Waals surface area (Å²) in [6.07, 6.45) is -3.76. The number of nitrogens with one attached hydrogen (secondary N) is 1. The highest BCUT2D eigenvalue weighted by Crippen LogP contribution is 2.22. The van der Waals surface area contributed by atoms with E-state index in [9.17, 15) is 13.2 Å². The fraction of sp³-hybridized carbons (Fsp3) is 1.00. The van der Waals surface area contributed by atoms with Gasteiger partial charge in [-0.15, -0.1) is 0 Å². The standard InChI is InChI=1S/C11H21F3N2/c1-3-15-10-4-6-16(8-9(10)2)7-5-11(12,13)14/h9-10,15H,3-8H2,1-2H3. The summed E-state index contributed by atoms with van der Waals surface area (Å²) in [6.45, 7) is 6.78. The minimum absolute atomic E-state index is 0.146. The van der Waals surface area contributed by atoms with Crippen molar-refractivity contribution in [1.29, 1.82) is 0 Å². The van der Waals surface area contributed by atoms with Gasteiger partial charge >= 0.3 is 6.18 Å². The van der Waals surface area contributed by atoms with Crippen LogP contribution in [0.5, 0.6) is 0 Å². The molecule has 0 saturated carbocycles. The molecule has 0 radical (unpaired) electrons. The van der Waals surface area contributed by atoms with Crippen LogP contribution in [0.15, 0.2) is 0 Å². The van der Waals surface area contributed by atoms with Crippen LogP contribution in [0, 0.1) is 5.92 Å². The van der Waals surface area contributed by atoms with E-state index < -0.39 is 12.6 Å². The first kappa shape index (κ1) is 13.8. The summed E-state index contributed by atoms with van der Waals surface area (Å²) in [7, 11) is 0. The van der Waals surface area contributed by atoms with E-state index in [0.717, 1.165) is 26.1 Å². The van der Waals surface area contributed by atoms with Crippen molar-refractivity contribution in [2.24, 2.45) is 5.92 Å². The van der Waals surface area contributed by atoms with Crippen LogP contribution in [0.4, 0.5) is 13.2 Å². The molecule has 16 heavy (non-hydrogen) atoms. The summed E-state index contributed by atoms with van der Waals surface area (Å²) in [4.78, 5) is 1.92. The predicted octanol–water partition coefficient (Wildman–Crippen LogP) is 2.26. The topological polar surface area (TPSA) is 15.3 Å². The number of alkyl halides is 3. The summed E-state index contributed by atoms with van der Waals surface area (Å²) in [5.41, 5.74) is 0. The van der Waals surface area contributed by atoms with Crippen molar-refractivity contribution in [3.63, 3.8) is 0 Å². The van der Waals surface area contributed by atoms with Gasteiger partial charge in [0.25, 0.3) is 0 Å². The third-order valence-corrected chi connectivity index (χ3v) is 3.17. The average molecular weight is 238 g/mol. The zero-order valence-electron chi connectivity index (χ0n) is 9.98. The van der Waals surface area contributed by atoms with Gasteiger partial charge in [0.15, 0.2) is 0 Å². The molecule has 2 nitrogen and oxygen atoms in total. The molecule has 1 fully saturated rings. The van der Waals surface area contributed by atoms with Crippen molar-refractivity contribution in [2.45, 2.75) is 38.9 Å². The van der Waals surface area contributed by atoms with Gasteiger partial charge in [-0.25, -0.2) is 0 Å². The Labute approximate surface area is 95.2 Å². The molecule has 5 heteroatoms. The Morgan fingerprint density at radius 2 is 2.06 bits per heavy atom. The summed E-state index contributed by atoms with van der Waals surface area (Å²) in [6, 6.07) is 0.465. The Morgan fingerprint density at radius 1 is 1.38 bits per heavy atom.